The molecule has 0 saturated heterocycles. The molecule has 3 aromatic rings. The molecule has 110 valence electrons. The average molecular weight is 296 g/mol. The van der Waals surface area contributed by atoms with E-state index in [0.29, 0.717) is 16.6 Å². The van der Waals surface area contributed by atoms with E-state index in [9.17, 15) is 10.0 Å². The fourth-order valence-corrected chi connectivity index (χ4v) is 1.92. The van der Waals surface area contributed by atoms with Gasteiger partial charge in [-0.2, -0.15) is 9.67 Å². The third kappa shape index (κ3) is 2.54. The molecule has 0 aliphatic heterocycles. The smallest absolute Gasteiger partial charge is 0.281 e. The van der Waals surface area contributed by atoms with Gasteiger partial charge in [0, 0.05) is 19.4 Å². The molecule has 8 nitrogen and oxygen atoms in total. The molecule has 0 atom stereocenters. The SMILES string of the molecule is CN(O)C(=NC(=O)c1cccnc1)n1nnc2ccccc21. The summed E-state index contributed by atoms with van der Waals surface area (Å²) in [7, 11) is 1.35. The van der Waals surface area contributed by atoms with Gasteiger partial charge in [0.15, 0.2) is 0 Å². The molecule has 0 aliphatic carbocycles. The Labute approximate surface area is 125 Å². The van der Waals surface area contributed by atoms with E-state index in [1.807, 2.05) is 6.07 Å². The number of para-hydroxylation sites is 1. The van der Waals surface area contributed by atoms with E-state index in [0.717, 1.165) is 5.06 Å². The minimum atomic E-state index is -0.538. The van der Waals surface area contributed by atoms with Crippen LogP contribution in [0.1, 0.15) is 10.4 Å². The first-order valence-electron chi connectivity index (χ1n) is 6.43. The number of rotatable bonds is 1. The molecule has 0 radical (unpaired) electrons. The van der Waals surface area contributed by atoms with Crippen molar-refractivity contribution in [1.82, 2.24) is 25.0 Å². The topological polar surface area (TPSA) is 96.5 Å². The zero-order valence-corrected chi connectivity index (χ0v) is 11.7. The van der Waals surface area contributed by atoms with Crippen molar-refractivity contribution in [1.29, 1.82) is 0 Å². The van der Waals surface area contributed by atoms with Crippen LogP contribution in [0.15, 0.2) is 53.8 Å². The Morgan fingerprint density at radius 1 is 1.27 bits per heavy atom. The van der Waals surface area contributed by atoms with Gasteiger partial charge in [0.25, 0.3) is 11.9 Å². The van der Waals surface area contributed by atoms with E-state index in [1.165, 1.54) is 17.9 Å². The Morgan fingerprint density at radius 3 is 2.82 bits per heavy atom. The molecule has 1 N–H and O–H groups in total. The second-order valence-corrected chi connectivity index (χ2v) is 4.47. The van der Waals surface area contributed by atoms with Crippen LogP contribution in [0, 0.1) is 0 Å². The second-order valence-electron chi connectivity index (χ2n) is 4.47. The van der Waals surface area contributed by atoms with Gasteiger partial charge >= 0.3 is 0 Å². The van der Waals surface area contributed by atoms with Crippen molar-refractivity contribution in [2.75, 3.05) is 7.05 Å². The van der Waals surface area contributed by atoms with Gasteiger partial charge in [-0.05, 0) is 24.3 Å². The summed E-state index contributed by atoms with van der Waals surface area (Å²) >= 11 is 0. The van der Waals surface area contributed by atoms with Crippen LogP contribution >= 0.6 is 0 Å². The molecule has 0 bridgehead atoms. The minimum Gasteiger partial charge on any atom is -0.286 e. The van der Waals surface area contributed by atoms with Crippen molar-refractivity contribution in [3.63, 3.8) is 0 Å². The Hall–Kier alpha value is -3.13. The number of amides is 1. The van der Waals surface area contributed by atoms with Gasteiger partial charge in [0.2, 0.25) is 0 Å². The second kappa shape index (κ2) is 5.70. The number of pyridine rings is 1. The van der Waals surface area contributed by atoms with Crippen molar-refractivity contribution in [3.05, 3.63) is 54.4 Å². The molecular weight excluding hydrogens is 284 g/mol. The highest BCUT2D eigenvalue weighted by Crippen LogP contribution is 2.11. The zero-order valence-electron chi connectivity index (χ0n) is 11.7. The lowest BCUT2D eigenvalue weighted by atomic mass is 10.3. The molecule has 0 unspecified atom stereocenters. The van der Waals surface area contributed by atoms with Crippen LogP contribution in [0.2, 0.25) is 0 Å². The lowest BCUT2D eigenvalue weighted by Crippen LogP contribution is -2.31. The van der Waals surface area contributed by atoms with Crippen LogP contribution in [0.5, 0.6) is 0 Å². The van der Waals surface area contributed by atoms with Crippen LogP contribution in [-0.4, -0.2) is 49.2 Å². The van der Waals surface area contributed by atoms with Gasteiger partial charge in [0.05, 0.1) is 11.1 Å². The number of aliphatic imine (C=N–C) groups is 1. The fraction of sp³-hybridized carbons (Fsp3) is 0.0714. The Morgan fingerprint density at radius 2 is 2.09 bits per heavy atom. The number of benzene rings is 1. The van der Waals surface area contributed by atoms with Gasteiger partial charge in [0.1, 0.15) is 5.52 Å². The van der Waals surface area contributed by atoms with Crippen molar-refractivity contribution in [2.45, 2.75) is 0 Å². The van der Waals surface area contributed by atoms with Crippen molar-refractivity contribution in [3.8, 4) is 0 Å². The summed E-state index contributed by atoms with van der Waals surface area (Å²) < 4.78 is 1.30. The number of hydrogen-bond donors (Lipinski definition) is 1. The molecule has 0 saturated carbocycles. The molecule has 8 heteroatoms. The third-order valence-electron chi connectivity index (χ3n) is 2.94. The summed E-state index contributed by atoms with van der Waals surface area (Å²) in [5.74, 6) is -0.592. The van der Waals surface area contributed by atoms with E-state index in [4.69, 9.17) is 0 Å². The lowest BCUT2D eigenvalue weighted by molar-refractivity contribution is 0.00854. The van der Waals surface area contributed by atoms with E-state index >= 15 is 0 Å². The normalized spacial score (nSPS) is 11.6. The first kappa shape index (κ1) is 13.8. The first-order valence-corrected chi connectivity index (χ1v) is 6.43. The molecule has 22 heavy (non-hydrogen) atoms. The van der Waals surface area contributed by atoms with Gasteiger partial charge < -0.3 is 0 Å². The predicted molar refractivity (Wildman–Crippen MR) is 78.5 cm³/mol. The standard InChI is InChI=1S/C14H12N6O2/c1-19(22)14(16-13(21)10-5-4-8-15-9-10)20-12-7-3-2-6-11(12)17-18-20/h2-9,22H,1H3. The number of carbonyl (C=O) groups is 1. The Kier molecular flexibility index (Phi) is 3.58. The number of hydrogen-bond acceptors (Lipinski definition) is 5. The highest BCUT2D eigenvalue weighted by atomic mass is 16.5. The van der Waals surface area contributed by atoms with Crippen molar-refractivity contribution >= 4 is 22.9 Å². The molecule has 2 heterocycles. The molecule has 0 fully saturated rings. The van der Waals surface area contributed by atoms with Gasteiger partial charge in [-0.25, -0.2) is 5.06 Å². The highest BCUT2D eigenvalue weighted by Gasteiger charge is 2.16. The highest BCUT2D eigenvalue weighted by molar-refractivity contribution is 6.04. The van der Waals surface area contributed by atoms with E-state index < -0.39 is 5.91 Å². The summed E-state index contributed by atoms with van der Waals surface area (Å²) in [6.07, 6.45) is 2.96. The van der Waals surface area contributed by atoms with Crippen LogP contribution in [0.25, 0.3) is 11.0 Å². The molecule has 0 spiro atoms. The van der Waals surface area contributed by atoms with Gasteiger partial charge in [-0.15, -0.1) is 5.10 Å². The predicted octanol–water partition coefficient (Wildman–Crippen LogP) is 1.19. The number of nitrogens with zero attached hydrogens (tertiary/aromatic N) is 6. The largest absolute Gasteiger partial charge is 0.286 e. The summed E-state index contributed by atoms with van der Waals surface area (Å²) in [5.41, 5.74) is 1.57. The minimum absolute atomic E-state index is 0.0532. The maximum atomic E-state index is 12.2. The molecule has 0 aliphatic rings. The maximum Gasteiger partial charge on any atom is 0.281 e. The number of fused-ring (bicyclic) bond motifs is 1. The molecule has 3 rings (SSSR count). The molecule has 1 amide bonds. The van der Waals surface area contributed by atoms with Crippen molar-refractivity contribution in [2.24, 2.45) is 4.99 Å². The third-order valence-corrected chi connectivity index (χ3v) is 2.94. The number of aromatic nitrogens is 4. The molecule has 2 aromatic heterocycles. The summed E-state index contributed by atoms with van der Waals surface area (Å²) in [6.45, 7) is 0. The number of carbonyl (C=O) groups excluding carboxylic acids is 1. The van der Waals surface area contributed by atoms with Crippen LogP contribution < -0.4 is 0 Å². The maximum absolute atomic E-state index is 12.2. The number of hydroxylamine groups is 2. The van der Waals surface area contributed by atoms with Crippen molar-refractivity contribution < 1.29 is 10.0 Å². The summed E-state index contributed by atoms with van der Waals surface area (Å²) in [6, 6.07) is 10.4. The van der Waals surface area contributed by atoms with E-state index in [2.05, 4.69) is 20.3 Å². The van der Waals surface area contributed by atoms with Crippen LogP contribution in [0.4, 0.5) is 0 Å². The van der Waals surface area contributed by atoms with Gasteiger partial charge in [-0.3, -0.25) is 15.0 Å². The van der Waals surface area contributed by atoms with E-state index in [1.54, 1.807) is 36.5 Å². The monoisotopic (exact) mass is 296 g/mol. The van der Waals surface area contributed by atoms with Crippen LogP contribution in [0.3, 0.4) is 0 Å². The fourth-order valence-electron chi connectivity index (χ4n) is 1.92. The lowest BCUT2D eigenvalue weighted by Gasteiger charge is -2.13. The van der Waals surface area contributed by atoms with Crippen LogP contribution in [-0.2, 0) is 0 Å². The van der Waals surface area contributed by atoms with Gasteiger partial charge in [-0.1, -0.05) is 17.3 Å². The molecule has 1 aromatic carbocycles. The quantitative estimate of drug-likeness (QED) is 0.411. The first-order chi connectivity index (χ1) is 10.7. The summed E-state index contributed by atoms with van der Waals surface area (Å²) in [4.78, 5) is 19.9. The summed E-state index contributed by atoms with van der Waals surface area (Å²) in [5, 5.41) is 18.4. The Balaban J connectivity index is 2.07. The van der Waals surface area contributed by atoms with E-state index in [-0.39, 0.29) is 5.96 Å². The molecular formula is C14H12N6O2. The zero-order chi connectivity index (χ0) is 15.5. The average Bonchev–Trinajstić information content (AvgIpc) is 2.96. The Bertz CT molecular complexity index is 841.